The normalized spacial score (nSPS) is 12.5. The van der Waals surface area contributed by atoms with Crippen LogP contribution in [-0.4, -0.2) is 10.5 Å². The van der Waals surface area contributed by atoms with E-state index in [1.54, 1.807) is 18.2 Å². The van der Waals surface area contributed by atoms with Crippen molar-refractivity contribution in [3.05, 3.63) is 58.1 Å². The number of nitrogens with zero attached hydrogens (tertiary/aromatic N) is 1. The highest BCUT2D eigenvalue weighted by molar-refractivity contribution is 9.10. The second-order valence-electron chi connectivity index (χ2n) is 5.29. The highest BCUT2D eigenvalue weighted by Crippen LogP contribution is 2.20. The van der Waals surface area contributed by atoms with E-state index in [1.807, 2.05) is 31.5 Å². The summed E-state index contributed by atoms with van der Waals surface area (Å²) in [4.78, 5) is 12.4. The van der Waals surface area contributed by atoms with Crippen LogP contribution in [0.4, 0.5) is 4.39 Å². The summed E-state index contributed by atoms with van der Waals surface area (Å²) in [5, 5.41) is 2.94. The second kappa shape index (κ2) is 6.43. The van der Waals surface area contributed by atoms with Gasteiger partial charge in [0.05, 0.1) is 6.04 Å². The molecule has 0 spiro atoms. The molecule has 1 unspecified atom stereocenters. The molecular weight excluding hydrogens is 335 g/mol. The monoisotopic (exact) mass is 352 g/mol. The number of aromatic nitrogens is 1. The number of amides is 1. The Hall–Kier alpha value is -1.62. The van der Waals surface area contributed by atoms with Gasteiger partial charge in [-0.2, -0.15) is 0 Å². The Balaban J connectivity index is 2.16. The van der Waals surface area contributed by atoms with Crippen molar-refractivity contribution in [1.29, 1.82) is 0 Å². The number of carbonyl (C=O) groups excluding carboxylic acids is 1. The van der Waals surface area contributed by atoms with Gasteiger partial charge in [0.1, 0.15) is 11.5 Å². The first-order chi connectivity index (χ1) is 9.88. The Labute approximate surface area is 132 Å². The summed E-state index contributed by atoms with van der Waals surface area (Å²) in [5.74, 6) is -0.430. The lowest BCUT2D eigenvalue weighted by molar-refractivity contribution is 0.0929. The molecule has 112 valence electrons. The number of hydrogen-bond acceptors (Lipinski definition) is 1. The van der Waals surface area contributed by atoms with Crippen LogP contribution in [-0.2, 0) is 0 Å². The van der Waals surface area contributed by atoms with Crippen molar-refractivity contribution < 1.29 is 9.18 Å². The molecule has 21 heavy (non-hydrogen) atoms. The third-order valence-corrected chi connectivity index (χ3v) is 3.76. The average Bonchev–Trinajstić information content (AvgIpc) is 2.82. The number of benzene rings is 1. The van der Waals surface area contributed by atoms with Crippen LogP contribution < -0.4 is 5.32 Å². The Morgan fingerprint density at radius 2 is 1.86 bits per heavy atom. The molecule has 0 aliphatic rings. The lowest BCUT2D eigenvalue weighted by Gasteiger charge is -2.17. The molecule has 5 heteroatoms. The Morgan fingerprint density at radius 1 is 1.24 bits per heavy atom. The van der Waals surface area contributed by atoms with E-state index in [1.165, 1.54) is 12.1 Å². The zero-order valence-electron chi connectivity index (χ0n) is 12.2. The van der Waals surface area contributed by atoms with Gasteiger partial charge in [0, 0.05) is 16.7 Å². The molecule has 0 bridgehead atoms. The van der Waals surface area contributed by atoms with Gasteiger partial charge in [-0.3, -0.25) is 4.79 Å². The van der Waals surface area contributed by atoms with Crippen LogP contribution >= 0.6 is 15.9 Å². The number of rotatable bonds is 4. The number of hydrogen-bond donors (Lipinski definition) is 1. The summed E-state index contributed by atoms with van der Waals surface area (Å²) >= 11 is 3.40. The second-order valence-corrected chi connectivity index (χ2v) is 6.21. The molecule has 1 atom stereocenters. The Kier molecular flexibility index (Phi) is 4.83. The van der Waals surface area contributed by atoms with E-state index < -0.39 is 0 Å². The number of nitrogens with one attached hydrogen (secondary N) is 1. The van der Waals surface area contributed by atoms with Gasteiger partial charge in [-0.05, 0) is 60.5 Å². The average molecular weight is 353 g/mol. The van der Waals surface area contributed by atoms with Gasteiger partial charge in [-0.15, -0.1) is 0 Å². The molecule has 0 aliphatic carbocycles. The van der Waals surface area contributed by atoms with Crippen molar-refractivity contribution >= 4 is 21.8 Å². The van der Waals surface area contributed by atoms with Gasteiger partial charge in [-0.1, -0.05) is 12.1 Å². The van der Waals surface area contributed by atoms with E-state index in [-0.39, 0.29) is 23.8 Å². The Bertz CT molecular complexity index is 634. The minimum Gasteiger partial charge on any atom is -0.344 e. The summed E-state index contributed by atoms with van der Waals surface area (Å²) in [5.41, 5.74) is 1.47. The summed E-state index contributed by atoms with van der Waals surface area (Å²) in [6, 6.07) is 7.95. The van der Waals surface area contributed by atoms with E-state index in [0.717, 1.165) is 10.0 Å². The molecule has 0 fully saturated rings. The fourth-order valence-corrected chi connectivity index (χ4v) is 2.60. The van der Waals surface area contributed by atoms with Gasteiger partial charge in [0.2, 0.25) is 0 Å². The summed E-state index contributed by atoms with van der Waals surface area (Å²) in [6.45, 7) is 5.92. The van der Waals surface area contributed by atoms with E-state index in [4.69, 9.17) is 0 Å². The standard InChI is InChI=1S/C16H18BrFN2O/c1-10(2)20-9-13(17)8-15(20)16(21)19-11(3)12-4-6-14(18)7-5-12/h4-11H,1-3H3,(H,19,21). The van der Waals surface area contributed by atoms with Crippen molar-refractivity contribution in [3.8, 4) is 0 Å². The van der Waals surface area contributed by atoms with Crippen LogP contribution in [0.25, 0.3) is 0 Å². The highest BCUT2D eigenvalue weighted by atomic mass is 79.9. The van der Waals surface area contributed by atoms with E-state index in [2.05, 4.69) is 21.2 Å². The van der Waals surface area contributed by atoms with Crippen LogP contribution in [0.3, 0.4) is 0 Å². The molecule has 0 saturated carbocycles. The van der Waals surface area contributed by atoms with Gasteiger partial charge < -0.3 is 9.88 Å². The van der Waals surface area contributed by atoms with Crippen LogP contribution in [0.5, 0.6) is 0 Å². The first-order valence-corrected chi connectivity index (χ1v) is 7.61. The topological polar surface area (TPSA) is 34.0 Å². The largest absolute Gasteiger partial charge is 0.344 e. The lowest BCUT2D eigenvalue weighted by Crippen LogP contribution is -2.28. The maximum Gasteiger partial charge on any atom is 0.268 e. The summed E-state index contributed by atoms with van der Waals surface area (Å²) in [6.07, 6.45) is 1.89. The van der Waals surface area contributed by atoms with Crippen LogP contribution in [0.1, 0.15) is 48.9 Å². The number of carbonyl (C=O) groups is 1. The third kappa shape index (κ3) is 3.73. The first-order valence-electron chi connectivity index (χ1n) is 6.82. The molecule has 1 heterocycles. The fourth-order valence-electron chi connectivity index (χ4n) is 2.16. The molecule has 0 saturated heterocycles. The predicted octanol–water partition coefficient (Wildman–Crippen LogP) is 4.46. The molecule has 1 amide bonds. The van der Waals surface area contributed by atoms with Crippen molar-refractivity contribution in [2.75, 3.05) is 0 Å². The maximum absolute atomic E-state index is 12.9. The molecule has 2 rings (SSSR count). The van der Waals surface area contributed by atoms with Crippen molar-refractivity contribution in [2.45, 2.75) is 32.9 Å². The Morgan fingerprint density at radius 3 is 2.43 bits per heavy atom. The van der Waals surface area contributed by atoms with Gasteiger partial charge >= 0.3 is 0 Å². The third-order valence-electron chi connectivity index (χ3n) is 3.32. The molecule has 0 radical (unpaired) electrons. The van der Waals surface area contributed by atoms with Gasteiger partial charge in [0.25, 0.3) is 5.91 Å². The maximum atomic E-state index is 12.9. The highest BCUT2D eigenvalue weighted by Gasteiger charge is 2.17. The fraction of sp³-hybridized carbons (Fsp3) is 0.312. The molecule has 3 nitrogen and oxygen atoms in total. The van der Waals surface area contributed by atoms with Crippen molar-refractivity contribution in [2.24, 2.45) is 0 Å². The number of halogens is 2. The van der Waals surface area contributed by atoms with Crippen molar-refractivity contribution in [3.63, 3.8) is 0 Å². The summed E-state index contributed by atoms with van der Waals surface area (Å²) < 4.78 is 15.7. The van der Waals surface area contributed by atoms with Crippen molar-refractivity contribution in [1.82, 2.24) is 9.88 Å². The quantitative estimate of drug-likeness (QED) is 0.865. The molecular formula is C16H18BrFN2O. The first kappa shape index (κ1) is 15.8. The van der Waals surface area contributed by atoms with E-state index >= 15 is 0 Å². The van der Waals surface area contributed by atoms with E-state index in [0.29, 0.717) is 5.69 Å². The molecule has 1 N–H and O–H groups in total. The van der Waals surface area contributed by atoms with Crippen LogP contribution in [0, 0.1) is 5.82 Å². The van der Waals surface area contributed by atoms with E-state index in [9.17, 15) is 9.18 Å². The smallest absolute Gasteiger partial charge is 0.268 e. The van der Waals surface area contributed by atoms with Gasteiger partial charge in [-0.25, -0.2) is 4.39 Å². The minimum absolute atomic E-state index is 0.147. The van der Waals surface area contributed by atoms with Crippen LogP contribution in [0.15, 0.2) is 41.0 Å². The molecule has 1 aromatic heterocycles. The zero-order chi connectivity index (χ0) is 15.6. The predicted molar refractivity (Wildman–Crippen MR) is 84.8 cm³/mol. The SMILES string of the molecule is CC(NC(=O)c1cc(Br)cn1C(C)C)c1ccc(F)cc1. The minimum atomic E-state index is -0.283. The molecule has 0 aliphatic heterocycles. The summed E-state index contributed by atoms with van der Waals surface area (Å²) in [7, 11) is 0. The zero-order valence-corrected chi connectivity index (χ0v) is 13.8. The van der Waals surface area contributed by atoms with Gasteiger partial charge in [0.15, 0.2) is 0 Å². The van der Waals surface area contributed by atoms with Crippen LogP contribution in [0.2, 0.25) is 0 Å². The lowest BCUT2D eigenvalue weighted by atomic mass is 10.1. The molecule has 2 aromatic rings. The molecule has 1 aromatic carbocycles.